The lowest BCUT2D eigenvalue weighted by atomic mass is 9.84. The summed E-state index contributed by atoms with van der Waals surface area (Å²) >= 11 is 6.09. The van der Waals surface area contributed by atoms with Crippen LogP contribution in [0.4, 0.5) is 0 Å². The van der Waals surface area contributed by atoms with E-state index in [1.54, 1.807) is 11.3 Å². The molecule has 2 aromatic rings. The quantitative estimate of drug-likeness (QED) is 0.827. The number of aromatic nitrogens is 1. The molecule has 0 aliphatic heterocycles. The van der Waals surface area contributed by atoms with Gasteiger partial charge in [-0.05, 0) is 41.5 Å². The van der Waals surface area contributed by atoms with Crippen molar-refractivity contribution in [1.29, 1.82) is 0 Å². The number of pyridine rings is 1. The van der Waals surface area contributed by atoms with E-state index in [0.717, 1.165) is 35.2 Å². The van der Waals surface area contributed by atoms with Crippen molar-refractivity contribution in [3.05, 3.63) is 34.1 Å². The van der Waals surface area contributed by atoms with Crippen molar-refractivity contribution in [2.75, 3.05) is 5.75 Å². The van der Waals surface area contributed by atoms with Gasteiger partial charge in [0.1, 0.15) is 0 Å². The molecule has 0 atom stereocenters. The van der Waals surface area contributed by atoms with Gasteiger partial charge < -0.3 is 4.57 Å². The molecule has 0 fully saturated rings. The second-order valence-electron chi connectivity index (χ2n) is 4.81. The molecule has 98 valence electrons. The highest BCUT2D eigenvalue weighted by atomic mass is 32.1. The first kappa shape index (κ1) is 13.7. The predicted molar refractivity (Wildman–Crippen MR) is 83.0 cm³/mol. The van der Waals surface area contributed by atoms with Crippen LogP contribution >= 0.6 is 24.0 Å². The third-order valence-corrected chi connectivity index (χ3v) is 5.49. The number of fused-ring (bicyclic) bond motifs is 1. The minimum absolute atomic E-state index is 0.122. The maximum atomic E-state index is 12.4. The van der Waals surface area contributed by atoms with Gasteiger partial charge in [0.15, 0.2) is 0 Å². The second-order valence-corrected chi connectivity index (χ2v) is 6.08. The number of nitrogens with zero attached hydrogens (tertiary/aromatic N) is 1. The average molecular weight is 281 g/mol. The maximum Gasteiger partial charge on any atom is 0.259 e. The zero-order valence-electron chi connectivity index (χ0n) is 10.8. The van der Waals surface area contributed by atoms with Crippen LogP contribution in [0.25, 0.3) is 10.1 Å². The molecular formula is C14H19NOS2. The Morgan fingerprint density at radius 1 is 1.33 bits per heavy atom. The van der Waals surface area contributed by atoms with Crippen molar-refractivity contribution in [2.24, 2.45) is 5.41 Å². The van der Waals surface area contributed by atoms with Crippen molar-refractivity contribution in [3.63, 3.8) is 0 Å². The first-order chi connectivity index (χ1) is 8.65. The van der Waals surface area contributed by atoms with Crippen LogP contribution in [0.3, 0.4) is 0 Å². The molecule has 2 aromatic heterocycles. The Balaban J connectivity index is 2.42. The van der Waals surface area contributed by atoms with Gasteiger partial charge in [-0.3, -0.25) is 4.79 Å². The Bertz CT molecular complexity index is 572. The smallest absolute Gasteiger partial charge is 0.259 e. The number of hydrogen-bond acceptors (Lipinski definition) is 3. The van der Waals surface area contributed by atoms with Crippen LogP contribution in [0.5, 0.6) is 0 Å². The minimum atomic E-state index is 0.122. The normalized spacial score (nSPS) is 12.2. The van der Waals surface area contributed by atoms with E-state index in [1.807, 2.05) is 28.3 Å². The lowest BCUT2D eigenvalue weighted by molar-refractivity contribution is 0.255. The highest BCUT2D eigenvalue weighted by Crippen LogP contribution is 2.29. The molecule has 18 heavy (non-hydrogen) atoms. The van der Waals surface area contributed by atoms with E-state index in [1.165, 1.54) is 0 Å². The summed E-state index contributed by atoms with van der Waals surface area (Å²) < 4.78 is 2.92. The topological polar surface area (TPSA) is 22.0 Å². The van der Waals surface area contributed by atoms with Crippen LogP contribution in [-0.2, 0) is 6.54 Å². The summed E-state index contributed by atoms with van der Waals surface area (Å²) in [6.45, 7) is 5.11. The Morgan fingerprint density at radius 2 is 2.06 bits per heavy atom. The zero-order chi connectivity index (χ0) is 13.2. The molecule has 0 amide bonds. The van der Waals surface area contributed by atoms with Crippen LogP contribution in [0.1, 0.15) is 26.7 Å². The van der Waals surface area contributed by atoms with Crippen LogP contribution in [0, 0.1) is 5.41 Å². The summed E-state index contributed by atoms with van der Waals surface area (Å²) in [5, 5.41) is 2.81. The number of hydrogen-bond donors (Lipinski definition) is 1. The summed E-state index contributed by atoms with van der Waals surface area (Å²) in [4.78, 5) is 12.4. The maximum absolute atomic E-state index is 12.4. The van der Waals surface area contributed by atoms with E-state index in [4.69, 9.17) is 0 Å². The molecule has 0 aliphatic rings. The molecule has 0 radical (unpaired) electrons. The summed E-state index contributed by atoms with van der Waals surface area (Å²) in [6, 6.07) is 3.95. The minimum Gasteiger partial charge on any atom is -0.314 e. The van der Waals surface area contributed by atoms with Gasteiger partial charge >= 0.3 is 0 Å². The molecule has 2 rings (SSSR count). The van der Waals surface area contributed by atoms with E-state index in [0.29, 0.717) is 0 Å². The van der Waals surface area contributed by atoms with E-state index in [2.05, 4.69) is 26.5 Å². The Kier molecular flexibility index (Phi) is 4.17. The van der Waals surface area contributed by atoms with Crippen molar-refractivity contribution >= 4 is 34.1 Å². The van der Waals surface area contributed by atoms with E-state index < -0.39 is 0 Å². The fraction of sp³-hybridized carbons (Fsp3) is 0.500. The summed E-state index contributed by atoms with van der Waals surface area (Å²) in [7, 11) is 0. The first-order valence-corrected chi connectivity index (χ1v) is 7.84. The van der Waals surface area contributed by atoms with Gasteiger partial charge in [-0.15, -0.1) is 11.3 Å². The Morgan fingerprint density at radius 3 is 2.67 bits per heavy atom. The molecule has 0 N–H and O–H groups in total. The lowest BCUT2D eigenvalue weighted by Gasteiger charge is -2.30. The van der Waals surface area contributed by atoms with Gasteiger partial charge in [-0.2, -0.15) is 12.6 Å². The molecule has 0 aliphatic carbocycles. The molecule has 0 bridgehead atoms. The zero-order valence-corrected chi connectivity index (χ0v) is 12.6. The fourth-order valence-electron chi connectivity index (χ4n) is 2.24. The van der Waals surface area contributed by atoms with Gasteiger partial charge in [0.2, 0.25) is 0 Å². The molecule has 4 heteroatoms. The average Bonchev–Trinajstić information content (AvgIpc) is 2.88. The molecule has 2 nitrogen and oxygen atoms in total. The monoisotopic (exact) mass is 281 g/mol. The predicted octanol–water partition coefficient (Wildman–Crippen LogP) is 3.80. The van der Waals surface area contributed by atoms with Gasteiger partial charge in [0, 0.05) is 17.4 Å². The molecule has 0 aromatic carbocycles. The Labute approximate surface area is 117 Å². The van der Waals surface area contributed by atoms with Crippen LogP contribution < -0.4 is 5.56 Å². The van der Waals surface area contributed by atoms with E-state index >= 15 is 0 Å². The second kappa shape index (κ2) is 5.49. The van der Waals surface area contributed by atoms with Gasteiger partial charge in [0.05, 0.1) is 5.39 Å². The third kappa shape index (κ3) is 2.36. The largest absolute Gasteiger partial charge is 0.314 e. The van der Waals surface area contributed by atoms with Crippen molar-refractivity contribution < 1.29 is 0 Å². The molecule has 0 saturated heterocycles. The van der Waals surface area contributed by atoms with Gasteiger partial charge in [-0.25, -0.2) is 0 Å². The van der Waals surface area contributed by atoms with Crippen LogP contribution in [0.2, 0.25) is 0 Å². The molecule has 2 heterocycles. The highest BCUT2D eigenvalue weighted by molar-refractivity contribution is 7.80. The van der Waals surface area contributed by atoms with E-state index in [-0.39, 0.29) is 11.0 Å². The molecule has 0 spiro atoms. The van der Waals surface area contributed by atoms with Gasteiger partial charge in [0.25, 0.3) is 5.56 Å². The van der Waals surface area contributed by atoms with Crippen molar-refractivity contribution in [2.45, 2.75) is 33.2 Å². The fourth-order valence-corrected chi connectivity index (χ4v) is 3.56. The standard InChI is InChI=1S/C14H19NOS2/c1-3-14(4-2,10-17)9-15-7-5-12-11(13(15)16)6-8-18-12/h5-8,17H,3-4,9-10H2,1-2H3. The first-order valence-electron chi connectivity index (χ1n) is 6.33. The molecular weight excluding hydrogens is 262 g/mol. The SMILES string of the molecule is CCC(CC)(CS)Cn1ccc2sccc2c1=O. The summed E-state index contributed by atoms with van der Waals surface area (Å²) in [5.74, 6) is 0.814. The van der Waals surface area contributed by atoms with Crippen molar-refractivity contribution in [1.82, 2.24) is 4.57 Å². The number of thiol groups is 1. The highest BCUT2D eigenvalue weighted by Gasteiger charge is 2.25. The number of rotatable bonds is 5. The van der Waals surface area contributed by atoms with Crippen molar-refractivity contribution in [3.8, 4) is 0 Å². The molecule has 0 saturated carbocycles. The Hall–Kier alpha value is -0.740. The molecule has 0 unspecified atom stereocenters. The third-order valence-electron chi connectivity index (χ3n) is 3.93. The van der Waals surface area contributed by atoms with E-state index in [9.17, 15) is 4.79 Å². The lowest BCUT2D eigenvalue weighted by Crippen LogP contribution is -2.32. The van der Waals surface area contributed by atoms with Crippen LogP contribution in [0.15, 0.2) is 28.5 Å². The van der Waals surface area contributed by atoms with Gasteiger partial charge in [-0.1, -0.05) is 13.8 Å². The summed E-state index contributed by atoms with van der Waals surface area (Å²) in [6.07, 6.45) is 4.01. The summed E-state index contributed by atoms with van der Waals surface area (Å²) in [5.41, 5.74) is 0.248. The number of thiophene rings is 1. The van der Waals surface area contributed by atoms with Crippen LogP contribution in [-0.4, -0.2) is 10.3 Å².